The molecule has 0 atom stereocenters. The highest BCUT2D eigenvalue weighted by molar-refractivity contribution is 6.36. The minimum absolute atomic E-state index is 0. The van der Waals surface area contributed by atoms with Gasteiger partial charge in [0, 0.05) is 11.4 Å². The van der Waals surface area contributed by atoms with Gasteiger partial charge in [-0.05, 0) is 25.0 Å². The zero-order chi connectivity index (χ0) is 21.5. The molecule has 1 aromatic rings. The quantitative estimate of drug-likeness (QED) is 0.171. The number of carbonyl (C=O) groups excluding carboxylic acids is 1. The second kappa shape index (κ2) is 19.2. The van der Waals surface area contributed by atoms with Crippen LogP contribution in [0.25, 0.3) is 0 Å². The van der Waals surface area contributed by atoms with Crippen molar-refractivity contribution in [1.82, 2.24) is 0 Å². The summed E-state index contributed by atoms with van der Waals surface area (Å²) < 4.78 is 6.78. The van der Waals surface area contributed by atoms with Crippen LogP contribution < -0.4 is 21.7 Å². The van der Waals surface area contributed by atoms with Crippen LogP contribution in [0.2, 0.25) is 10.0 Å². The second-order valence-electron chi connectivity index (χ2n) is 8.69. The average Bonchev–Trinajstić information content (AvgIpc) is 2.67. The number of quaternary nitrogens is 1. The molecule has 7 heteroatoms. The maximum atomic E-state index is 11.2. The van der Waals surface area contributed by atoms with Crippen molar-refractivity contribution in [3.63, 3.8) is 0 Å². The number of hydrogen-bond donors (Lipinski definition) is 0. The molecule has 0 saturated carbocycles. The van der Waals surface area contributed by atoms with E-state index in [4.69, 9.17) is 27.9 Å². The molecule has 0 saturated heterocycles. The Kier molecular flexibility index (Phi) is 20.3. The van der Waals surface area contributed by atoms with Crippen molar-refractivity contribution < 1.29 is 36.5 Å². The molecule has 2 N–H and O–H groups in total. The summed E-state index contributed by atoms with van der Waals surface area (Å²) in [4.78, 5) is 11.2. The zero-order valence-electron chi connectivity index (χ0n) is 19.5. The average molecular weight is 543 g/mol. The van der Waals surface area contributed by atoms with E-state index >= 15 is 0 Å². The first-order valence-corrected chi connectivity index (χ1v) is 12.0. The van der Waals surface area contributed by atoms with Crippen LogP contribution in [-0.4, -0.2) is 50.0 Å². The number of benzene rings is 1. The molecule has 0 aliphatic carbocycles. The van der Waals surface area contributed by atoms with Crippen LogP contribution in [0.1, 0.15) is 87.9 Å². The second-order valence-corrected chi connectivity index (χ2v) is 9.53. The molecular weight excluding hydrogens is 501 g/mol. The van der Waals surface area contributed by atoms with E-state index in [0.717, 1.165) is 23.7 Å². The number of halogens is 3. The summed E-state index contributed by atoms with van der Waals surface area (Å²) in [5, 5.41) is 0.831. The molecule has 0 radical (unpaired) electrons. The van der Waals surface area contributed by atoms with Crippen LogP contribution in [0.15, 0.2) is 12.1 Å². The third-order valence-corrected chi connectivity index (χ3v) is 5.93. The van der Waals surface area contributed by atoms with Gasteiger partial charge in [-0.15, -0.1) is 0 Å². The zero-order valence-corrected chi connectivity index (χ0v) is 22.6. The number of carbonyl (C=O) groups is 1. The first-order chi connectivity index (χ1) is 13.9. The molecule has 0 aliphatic heterocycles. The number of rotatable bonds is 17. The topological polar surface area (TPSA) is 57.8 Å². The Morgan fingerprint density at radius 3 is 1.94 bits per heavy atom. The highest BCUT2D eigenvalue weighted by atomic mass is 79.9. The normalized spacial score (nSPS) is 10.9. The molecule has 1 rings (SSSR count). The monoisotopic (exact) mass is 541 g/mol. The molecule has 0 unspecified atom stereocenters. The third-order valence-electron chi connectivity index (χ3n) is 5.44. The van der Waals surface area contributed by atoms with E-state index in [0.29, 0.717) is 28.0 Å². The van der Waals surface area contributed by atoms with E-state index < -0.39 is 0 Å². The summed E-state index contributed by atoms with van der Waals surface area (Å²) >= 11 is 12.1. The van der Waals surface area contributed by atoms with E-state index in [1.807, 2.05) is 0 Å². The lowest BCUT2D eigenvalue weighted by Crippen LogP contribution is -3.00. The fraction of sp³-hybridized carbons (Fsp3) is 0.708. The van der Waals surface area contributed by atoms with Crippen LogP contribution in [0.3, 0.4) is 0 Å². The summed E-state index contributed by atoms with van der Waals surface area (Å²) in [7, 11) is 4.56. The Labute approximate surface area is 210 Å². The molecule has 0 heterocycles. The summed E-state index contributed by atoms with van der Waals surface area (Å²) in [6.07, 6.45) is 15.4. The van der Waals surface area contributed by atoms with Crippen LogP contribution in [0.5, 0.6) is 5.75 Å². The maximum absolute atomic E-state index is 11.2. The predicted octanol–water partition coefficient (Wildman–Crippen LogP) is 3.75. The highest BCUT2D eigenvalue weighted by Gasteiger charge is 2.15. The highest BCUT2D eigenvalue weighted by Crippen LogP contribution is 2.31. The van der Waals surface area contributed by atoms with Crippen molar-refractivity contribution in [2.45, 2.75) is 77.6 Å². The Hall–Kier alpha value is -0.330. The van der Waals surface area contributed by atoms with Gasteiger partial charge >= 0.3 is 0 Å². The minimum atomic E-state index is 0. The summed E-state index contributed by atoms with van der Waals surface area (Å²) in [6.45, 7) is 5.05. The van der Waals surface area contributed by atoms with E-state index in [2.05, 4.69) is 21.0 Å². The van der Waals surface area contributed by atoms with Gasteiger partial charge in [0.15, 0.2) is 6.29 Å². The standard InChI is InChI=1S/C24H40Cl2NO2.BrH.H2O/c1-4-5-6-7-8-9-10-11-12-13-15-27(2,3)16-14-17-29-24-21(20-28)18-22(25)19-23(24)26;;/h18-20H,4-17H2,1-3H3;1H;1H2/q+1;;/p-1. The van der Waals surface area contributed by atoms with E-state index in [1.54, 1.807) is 12.1 Å². The fourth-order valence-electron chi connectivity index (χ4n) is 3.63. The number of hydrogen-bond acceptors (Lipinski definition) is 2. The summed E-state index contributed by atoms with van der Waals surface area (Å²) in [5.74, 6) is 0.436. The van der Waals surface area contributed by atoms with Crippen LogP contribution >= 0.6 is 23.2 Å². The van der Waals surface area contributed by atoms with Gasteiger partial charge in [-0.3, -0.25) is 4.79 Å². The van der Waals surface area contributed by atoms with E-state index in [9.17, 15) is 4.79 Å². The first kappa shape index (κ1) is 32.8. The molecular formula is C24H42BrCl2NO3. The largest absolute Gasteiger partial charge is 1.00 e. The molecule has 0 spiro atoms. The molecule has 4 nitrogen and oxygen atoms in total. The summed E-state index contributed by atoms with van der Waals surface area (Å²) in [6, 6.07) is 3.19. The minimum Gasteiger partial charge on any atom is -1.00 e. The Morgan fingerprint density at radius 2 is 1.39 bits per heavy atom. The third kappa shape index (κ3) is 15.2. The maximum Gasteiger partial charge on any atom is 0.153 e. The number of nitrogens with zero attached hydrogens (tertiary/aromatic N) is 1. The van der Waals surface area contributed by atoms with Gasteiger partial charge in [0.05, 0.1) is 44.4 Å². The predicted molar refractivity (Wildman–Crippen MR) is 129 cm³/mol. The van der Waals surface area contributed by atoms with Gasteiger partial charge in [-0.2, -0.15) is 0 Å². The number of aldehydes is 1. The van der Waals surface area contributed by atoms with Gasteiger partial charge in [-0.1, -0.05) is 81.5 Å². The molecule has 0 aromatic heterocycles. The molecule has 0 bridgehead atoms. The van der Waals surface area contributed by atoms with E-state index in [-0.39, 0.29) is 22.5 Å². The lowest BCUT2D eigenvalue weighted by atomic mass is 10.1. The smallest absolute Gasteiger partial charge is 0.153 e. The molecule has 0 fully saturated rings. The molecule has 0 aliphatic rings. The Morgan fingerprint density at radius 1 is 0.871 bits per heavy atom. The van der Waals surface area contributed by atoms with Gasteiger partial charge in [0.2, 0.25) is 0 Å². The van der Waals surface area contributed by atoms with Gasteiger partial charge < -0.3 is 31.7 Å². The van der Waals surface area contributed by atoms with Crippen molar-refractivity contribution in [3.05, 3.63) is 27.7 Å². The van der Waals surface area contributed by atoms with Crippen molar-refractivity contribution in [2.75, 3.05) is 33.8 Å². The molecule has 31 heavy (non-hydrogen) atoms. The molecule has 182 valence electrons. The molecule has 0 amide bonds. The van der Waals surface area contributed by atoms with Crippen LogP contribution in [0.4, 0.5) is 0 Å². The lowest BCUT2D eigenvalue weighted by Gasteiger charge is -2.30. The van der Waals surface area contributed by atoms with Gasteiger partial charge in [-0.25, -0.2) is 0 Å². The fourth-order valence-corrected chi connectivity index (χ4v) is 4.19. The summed E-state index contributed by atoms with van der Waals surface area (Å²) in [5.41, 5.74) is 0.404. The number of unbranched alkanes of at least 4 members (excludes halogenated alkanes) is 9. The van der Waals surface area contributed by atoms with Crippen molar-refractivity contribution in [2.24, 2.45) is 0 Å². The van der Waals surface area contributed by atoms with Gasteiger partial charge in [0.25, 0.3) is 0 Å². The first-order valence-electron chi connectivity index (χ1n) is 11.3. The number of ether oxygens (including phenoxy) is 1. The van der Waals surface area contributed by atoms with Crippen molar-refractivity contribution >= 4 is 29.5 Å². The van der Waals surface area contributed by atoms with Crippen molar-refractivity contribution in [1.29, 1.82) is 0 Å². The SMILES string of the molecule is CCCCCCCCCCCC[N+](C)(C)CCCOc1c(Cl)cc(Cl)cc1C=O.O.[Br-]. The lowest BCUT2D eigenvalue weighted by molar-refractivity contribution is -0.890. The van der Waals surface area contributed by atoms with Crippen molar-refractivity contribution in [3.8, 4) is 5.75 Å². The Balaban J connectivity index is 0. The van der Waals surface area contributed by atoms with E-state index in [1.165, 1.54) is 70.8 Å². The Bertz CT molecular complexity index is 600. The molecule has 1 aromatic carbocycles. The van der Waals surface area contributed by atoms with Gasteiger partial charge in [0.1, 0.15) is 5.75 Å². The van der Waals surface area contributed by atoms with Crippen LogP contribution in [0, 0.1) is 0 Å². The van der Waals surface area contributed by atoms with Crippen LogP contribution in [-0.2, 0) is 0 Å².